The van der Waals surface area contributed by atoms with Gasteiger partial charge >= 0.3 is 0 Å². The summed E-state index contributed by atoms with van der Waals surface area (Å²) >= 11 is 1.63. The molecule has 2 aromatic heterocycles. The number of amides is 1. The molecule has 23 heavy (non-hydrogen) atoms. The predicted octanol–water partition coefficient (Wildman–Crippen LogP) is 2.52. The second kappa shape index (κ2) is 6.09. The van der Waals surface area contributed by atoms with E-state index in [1.165, 1.54) is 0 Å². The Bertz CT molecular complexity index is 693. The SMILES string of the molecule is Cc1nc(-c2c[nH]c(C(=O)N3CC[C@@H]4CNC[C@@H]4CC3)c2)cs1. The zero-order valence-electron chi connectivity index (χ0n) is 13.3. The Hall–Kier alpha value is -1.66. The Labute approximate surface area is 140 Å². The maximum atomic E-state index is 12.8. The van der Waals surface area contributed by atoms with Crippen LogP contribution < -0.4 is 5.32 Å². The zero-order chi connectivity index (χ0) is 15.8. The summed E-state index contributed by atoms with van der Waals surface area (Å²) in [5, 5.41) is 6.55. The van der Waals surface area contributed by atoms with Gasteiger partial charge in [-0.15, -0.1) is 11.3 Å². The summed E-state index contributed by atoms with van der Waals surface area (Å²) in [5.74, 6) is 1.60. The van der Waals surface area contributed by atoms with E-state index >= 15 is 0 Å². The molecule has 0 bridgehead atoms. The molecule has 0 spiro atoms. The van der Waals surface area contributed by atoms with Gasteiger partial charge in [0.15, 0.2) is 0 Å². The second-order valence-electron chi connectivity index (χ2n) is 6.60. The standard InChI is InChI=1S/C17H22N4OS/c1-11-20-16(10-23-11)14-6-15(19-9-14)17(22)21-4-2-12-7-18-8-13(12)3-5-21/h6,9-10,12-13,18-19H,2-5,7-8H2,1H3/t12-,13+. The summed E-state index contributed by atoms with van der Waals surface area (Å²) in [6.07, 6.45) is 4.11. The number of nitrogens with zero attached hydrogens (tertiary/aromatic N) is 2. The fraction of sp³-hybridized carbons (Fsp3) is 0.529. The van der Waals surface area contributed by atoms with E-state index in [2.05, 4.69) is 15.3 Å². The van der Waals surface area contributed by atoms with Gasteiger partial charge in [0.1, 0.15) is 5.69 Å². The van der Waals surface area contributed by atoms with Crippen molar-refractivity contribution in [1.82, 2.24) is 20.2 Å². The van der Waals surface area contributed by atoms with Crippen molar-refractivity contribution >= 4 is 17.2 Å². The molecule has 2 N–H and O–H groups in total. The summed E-state index contributed by atoms with van der Waals surface area (Å²) in [6, 6.07) is 1.93. The van der Waals surface area contributed by atoms with Crippen LogP contribution in [0.5, 0.6) is 0 Å². The topological polar surface area (TPSA) is 61.0 Å². The van der Waals surface area contributed by atoms with E-state index in [1.807, 2.05) is 29.5 Å². The molecular formula is C17H22N4OS. The number of carbonyl (C=O) groups excluding carboxylic acids is 1. The van der Waals surface area contributed by atoms with Crippen LogP contribution in [0.25, 0.3) is 11.3 Å². The number of carbonyl (C=O) groups is 1. The molecule has 0 radical (unpaired) electrons. The first-order valence-corrected chi connectivity index (χ1v) is 9.19. The lowest BCUT2D eigenvalue weighted by atomic mass is 9.92. The highest BCUT2D eigenvalue weighted by Gasteiger charge is 2.31. The Morgan fingerprint density at radius 3 is 2.70 bits per heavy atom. The van der Waals surface area contributed by atoms with Crippen molar-refractivity contribution in [3.8, 4) is 11.3 Å². The number of thiazole rings is 1. The molecule has 5 nitrogen and oxygen atoms in total. The van der Waals surface area contributed by atoms with Crippen LogP contribution in [-0.2, 0) is 0 Å². The summed E-state index contributed by atoms with van der Waals surface area (Å²) in [6.45, 7) is 5.96. The number of H-pyrrole nitrogens is 1. The van der Waals surface area contributed by atoms with Crippen LogP contribution in [0.4, 0.5) is 0 Å². The smallest absolute Gasteiger partial charge is 0.270 e. The van der Waals surface area contributed by atoms with Gasteiger partial charge in [-0.25, -0.2) is 4.98 Å². The highest BCUT2D eigenvalue weighted by Crippen LogP contribution is 2.28. The van der Waals surface area contributed by atoms with Crippen LogP contribution in [0, 0.1) is 18.8 Å². The lowest BCUT2D eigenvalue weighted by Gasteiger charge is -2.20. The molecule has 1 amide bonds. The highest BCUT2D eigenvalue weighted by molar-refractivity contribution is 7.09. The largest absolute Gasteiger partial charge is 0.357 e. The molecular weight excluding hydrogens is 308 g/mol. The number of hydrogen-bond donors (Lipinski definition) is 2. The number of rotatable bonds is 2. The lowest BCUT2D eigenvalue weighted by Crippen LogP contribution is -2.32. The average Bonchev–Trinajstić information content (AvgIpc) is 3.26. The fourth-order valence-electron chi connectivity index (χ4n) is 3.75. The molecule has 6 heteroatoms. The summed E-state index contributed by atoms with van der Waals surface area (Å²) in [5.41, 5.74) is 2.61. The van der Waals surface area contributed by atoms with Crippen molar-refractivity contribution in [1.29, 1.82) is 0 Å². The van der Waals surface area contributed by atoms with Gasteiger partial charge < -0.3 is 15.2 Å². The zero-order valence-corrected chi connectivity index (χ0v) is 14.2. The summed E-state index contributed by atoms with van der Waals surface area (Å²) in [7, 11) is 0. The Balaban J connectivity index is 1.47. The summed E-state index contributed by atoms with van der Waals surface area (Å²) < 4.78 is 0. The van der Waals surface area contributed by atoms with E-state index in [4.69, 9.17) is 0 Å². The third-order valence-corrected chi connectivity index (χ3v) is 5.91. The Morgan fingerprint density at radius 1 is 1.30 bits per heavy atom. The number of hydrogen-bond acceptors (Lipinski definition) is 4. The minimum absolute atomic E-state index is 0.121. The lowest BCUT2D eigenvalue weighted by molar-refractivity contribution is 0.0753. The molecule has 2 atom stereocenters. The Kier molecular flexibility index (Phi) is 3.95. The molecule has 122 valence electrons. The van der Waals surface area contributed by atoms with E-state index < -0.39 is 0 Å². The number of aromatic nitrogens is 2. The van der Waals surface area contributed by atoms with Gasteiger partial charge in [-0.05, 0) is 50.8 Å². The first kappa shape index (κ1) is 14.9. The van der Waals surface area contributed by atoms with Gasteiger partial charge in [0.2, 0.25) is 0 Å². The maximum absolute atomic E-state index is 12.8. The third kappa shape index (κ3) is 2.93. The fourth-order valence-corrected chi connectivity index (χ4v) is 4.38. The second-order valence-corrected chi connectivity index (χ2v) is 7.66. The first-order chi connectivity index (χ1) is 11.2. The quantitative estimate of drug-likeness (QED) is 0.889. The summed E-state index contributed by atoms with van der Waals surface area (Å²) in [4.78, 5) is 22.4. The molecule has 0 aliphatic carbocycles. The van der Waals surface area contributed by atoms with Gasteiger partial charge in [0.05, 0.1) is 10.7 Å². The van der Waals surface area contributed by atoms with Crippen LogP contribution in [-0.4, -0.2) is 47.0 Å². The minimum Gasteiger partial charge on any atom is -0.357 e. The van der Waals surface area contributed by atoms with E-state index in [-0.39, 0.29) is 5.91 Å². The Morgan fingerprint density at radius 2 is 2.04 bits per heavy atom. The number of fused-ring (bicyclic) bond motifs is 1. The van der Waals surface area contributed by atoms with Gasteiger partial charge in [0.25, 0.3) is 5.91 Å². The molecule has 0 saturated carbocycles. The van der Waals surface area contributed by atoms with E-state index in [1.54, 1.807) is 11.3 Å². The highest BCUT2D eigenvalue weighted by atomic mass is 32.1. The van der Waals surface area contributed by atoms with Crippen molar-refractivity contribution in [2.75, 3.05) is 26.2 Å². The molecule has 2 fully saturated rings. The van der Waals surface area contributed by atoms with Crippen LogP contribution >= 0.6 is 11.3 Å². The van der Waals surface area contributed by atoms with Gasteiger partial charge in [-0.2, -0.15) is 0 Å². The molecule has 4 rings (SSSR count). The number of aromatic amines is 1. The molecule has 2 aliphatic rings. The predicted molar refractivity (Wildman–Crippen MR) is 91.6 cm³/mol. The number of aryl methyl sites for hydroxylation is 1. The number of nitrogens with one attached hydrogen (secondary N) is 2. The average molecular weight is 330 g/mol. The van der Waals surface area contributed by atoms with E-state index in [0.29, 0.717) is 5.69 Å². The van der Waals surface area contributed by atoms with Crippen LogP contribution in [0.2, 0.25) is 0 Å². The molecule has 0 aromatic carbocycles. The maximum Gasteiger partial charge on any atom is 0.270 e. The van der Waals surface area contributed by atoms with Crippen LogP contribution in [0.1, 0.15) is 28.3 Å². The third-order valence-electron chi connectivity index (χ3n) is 5.13. The molecule has 0 unspecified atom stereocenters. The molecule has 2 aliphatic heterocycles. The van der Waals surface area contributed by atoms with Crippen LogP contribution in [0.3, 0.4) is 0 Å². The monoisotopic (exact) mass is 330 g/mol. The van der Waals surface area contributed by atoms with E-state index in [0.717, 1.165) is 67.1 Å². The molecule has 2 aromatic rings. The van der Waals surface area contributed by atoms with Crippen molar-refractivity contribution in [2.45, 2.75) is 19.8 Å². The van der Waals surface area contributed by atoms with Gasteiger partial charge in [-0.3, -0.25) is 4.79 Å². The van der Waals surface area contributed by atoms with Gasteiger partial charge in [0, 0.05) is 30.2 Å². The van der Waals surface area contributed by atoms with Crippen LogP contribution in [0.15, 0.2) is 17.6 Å². The molecule has 2 saturated heterocycles. The molecule has 4 heterocycles. The van der Waals surface area contributed by atoms with E-state index in [9.17, 15) is 4.79 Å². The van der Waals surface area contributed by atoms with Crippen molar-refractivity contribution in [2.24, 2.45) is 11.8 Å². The normalized spacial score (nSPS) is 24.5. The number of likely N-dealkylation sites (tertiary alicyclic amines) is 1. The van der Waals surface area contributed by atoms with Crippen molar-refractivity contribution in [3.63, 3.8) is 0 Å². The first-order valence-electron chi connectivity index (χ1n) is 8.31. The van der Waals surface area contributed by atoms with Crippen molar-refractivity contribution in [3.05, 3.63) is 28.3 Å². The minimum atomic E-state index is 0.121. The van der Waals surface area contributed by atoms with Gasteiger partial charge in [-0.1, -0.05) is 0 Å². The van der Waals surface area contributed by atoms with Crippen molar-refractivity contribution < 1.29 is 4.79 Å².